The van der Waals surface area contributed by atoms with Gasteiger partial charge in [-0.3, -0.25) is 9.71 Å². The maximum Gasteiger partial charge on any atom is 0.229 e. The highest BCUT2D eigenvalue weighted by molar-refractivity contribution is 9.10. The molecule has 1 saturated heterocycles. The molecule has 1 fully saturated rings. The quantitative estimate of drug-likeness (QED) is 0.283. The van der Waals surface area contributed by atoms with Crippen molar-refractivity contribution in [2.24, 2.45) is 0 Å². The summed E-state index contributed by atoms with van der Waals surface area (Å²) >= 11 is 9.43. The number of hydrogen-bond donors (Lipinski definition) is 2. The normalized spacial score (nSPS) is 17.5. The number of sulfonamides is 1. The highest BCUT2D eigenvalue weighted by Gasteiger charge is 2.42. The van der Waals surface area contributed by atoms with Crippen molar-refractivity contribution in [3.63, 3.8) is 0 Å². The topological polar surface area (TPSA) is 88.5 Å². The first-order chi connectivity index (χ1) is 17.7. The molecular formula is C26H24BrN5O3S2. The molecule has 0 unspecified atom stereocenters. The van der Waals surface area contributed by atoms with E-state index in [9.17, 15) is 8.42 Å². The number of methoxy groups -OCH3 is 1. The standard InChI is InChI=1S/C26H24BrN5O3S2/c1-35-23-16-19(11-12-20(23)30-37(2,33)34)32-25(24(29-26(32)36)21-9-3-4-13-28-21)22-10-6-14-31(22)18-8-5-7-17(27)15-18/h3-16,24-25,30H,1-2H3,(H,29,36)/t24-,25-/m1/s1. The largest absolute Gasteiger partial charge is 0.494 e. The van der Waals surface area contributed by atoms with E-state index in [4.69, 9.17) is 17.0 Å². The van der Waals surface area contributed by atoms with Gasteiger partial charge in [0.15, 0.2) is 5.11 Å². The smallest absolute Gasteiger partial charge is 0.229 e. The van der Waals surface area contributed by atoms with E-state index in [1.807, 2.05) is 59.6 Å². The zero-order valence-electron chi connectivity index (χ0n) is 20.0. The predicted molar refractivity (Wildman–Crippen MR) is 153 cm³/mol. The number of thiocarbonyl (C=S) groups is 1. The first kappa shape index (κ1) is 25.2. The molecule has 3 heterocycles. The molecular weight excluding hydrogens is 574 g/mol. The number of halogens is 1. The summed E-state index contributed by atoms with van der Waals surface area (Å²) in [6.07, 6.45) is 4.89. The molecule has 11 heteroatoms. The van der Waals surface area contributed by atoms with E-state index in [-0.39, 0.29) is 12.1 Å². The molecule has 2 N–H and O–H groups in total. The second-order valence-electron chi connectivity index (χ2n) is 8.54. The van der Waals surface area contributed by atoms with Crippen LogP contribution in [0.25, 0.3) is 5.69 Å². The van der Waals surface area contributed by atoms with E-state index in [1.54, 1.807) is 18.3 Å². The predicted octanol–water partition coefficient (Wildman–Crippen LogP) is 5.19. The minimum atomic E-state index is -3.48. The monoisotopic (exact) mass is 597 g/mol. The van der Waals surface area contributed by atoms with Gasteiger partial charge in [-0.05, 0) is 66.8 Å². The van der Waals surface area contributed by atoms with E-state index < -0.39 is 10.0 Å². The summed E-state index contributed by atoms with van der Waals surface area (Å²) in [6, 6.07) is 22.7. The van der Waals surface area contributed by atoms with Crippen molar-refractivity contribution in [1.29, 1.82) is 0 Å². The van der Waals surface area contributed by atoms with Gasteiger partial charge in [0, 0.05) is 40.0 Å². The van der Waals surface area contributed by atoms with Gasteiger partial charge in [0.25, 0.3) is 0 Å². The average molecular weight is 599 g/mol. The third-order valence-electron chi connectivity index (χ3n) is 6.03. The van der Waals surface area contributed by atoms with Crippen molar-refractivity contribution in [2.75, 3.05) is 23.0 Å². The van der Waals surface area contributed by atoms with E-state index in [0.29, 0.717) is 16.5 Å². The van der Waals surface area contributed by atoms with Crippen LogP contribution in [-0.2, 0) is 10.0 Å². The molecule has 0 radical (unpaired) electrons. The van der Waals surface area contributed by atoms with Gasteiger partial charge in [-0.1, -0.05) is 28.1 Å². The molecule has 0 bridgehead atoms. The Bertz CT molecular complexity index is 1560. The van der Waals surface area contributed by atoms with Crippen molar-refractivity contribution >= 4 is 54.7 Å². The van der Waals surface area contributed by atoms with Gasteiger partial charge in [0.1, 0.15) is 11.8 Å². The van der Waals surface area contributed by atoms with Crippen LogP contribution in [0.3, 0.4) is 0 Å². The molecule has 8 nitrogen and oxygen atoms in total. The molecule has 5 rings (SSSR count). The second-order valence-corrected chi connectivity index (χ2v) is 11.6. The molecule has 2 aromatic heterocycles. The Labute approximate surface area is 229 Å². The maximum atomic E-state index is 11.8. The van der Waals surface area contributed by atoms with Crippen LogP contribution in [0.1, 0.15) is 23.5 Å². The average Bonchev–Trinajstić information content (AvgIpc) is 3.48. The van der Waals surface area contributed by atoms with Crippen LogP contribution in [0.4, 0.5) is 11.4 Å². The molecule has 1 aliphatic heterocycles. The SMILES string of the molecule is COc1cc(N2C(=S)N[C@H](c3ccccn3)[C@H]2c2cccn2-c2cccc(Br)c2)ccc1NS(C)(=O)=O. The number of benzene rings is 2. The lowest BCUT2D eigenvalue weighted by atomic mass is 10.0. The molecule has 0 aliphatic carbocycles. The number of nitrogens with zero attached hydrogens (tertiary/aromatic N) is 3. The Morgan fingerprint density at radius 3 is 2.59 bits per heavy atom. The number of ether oxygens (including phenoxy) is 1. The molecule has 37 heavy (non-hydrogen) atoms. The Hall–Kier alpha value is -3.41. The van der Waals surface area contributed by atoms with Crippen molar-refractivity contribution < 1.29 is 13.2 Å². The molecule has 190 valence electrons. The zero-order chi connectivity index (χ0) is 26.2. The lowest BCUT2D eigenvalue weighted by Gasteiger charge is -2.29. The Balaban J connectivity index is 1.65. The minimum absolute atomic E-state index is 0.241. The van der Waals surface area contributed by atoms with Crippen molar-refractivity contribution in [3.8, 4) is 11.4 Å². The molecule has 2 atom stereocenters. The number of anilines is 2. The third-order valence-corrected chi connectivity index (χ3v) is 7.42. The van der Waals surface area contributed by atoms with Gasteiger partial charge in [-0.2, -0.15) is 0 Å². The van der Waals surface area contributed by atoms with Gasteiger partial charge in [0.2, 0.25) is 10.0 Å². The molecule has 2 aromatic carbocycles. The van der Waals surface area contributed by atoms with Gasteiger partial charge in [-0.25, -0.2) is 8.42 Å². The van der Waals surface area contributed by atoms with Crippen LogP contribution >= 0.6 is 28.1 Å². The lowest BCUT2D eigenvalue weighted by Crippen LogP contribution is -2.30. The van der Waals surface area contributed by atoms with E-state index in [1.165, 1.54) is 7.11 Å². The summed E-state index contributed by atoms with van der Waals surface area (Å²) in [7, 11) is -1.98. The van der Waals surface area contributed by atoms with Gasteiger partial charge in [-0.15, -0.1) is 0 Å². The number of rotatable bonds is 7. The maximum absolute atomic E-state index is 11.8. The molecule has 4 aromatic rings. The fraction of sp³-hybridized carbons (Fsp3) is 0.154. The fourth-order valence-corrected chi connectivity index (χ4v) is 5.84. The lowest BCUT2D eigenvalue weighted by molar-refractivity contribution is 0.417. The summed E-state index contributed by atoms with van der Waals surface area (Å²) < 4.78 is 34.8. The first-order valence-electron chi connectivity index (χ1n) is 11.3. The highest BCUT2D eigenvalue weighted by Crippen LogP contribution is 2.44. The molecule has 0 amide bonds. The van der Waals surface area contributed by atoms with E-state index in [0.717, 1.165) is 33.5 Å². The van der Waals surface area contributed by atoms with Crippen LogP contribution in [0.2, 0.25) is 0 Å². The zero-order valence-corrected chi connectivity index (χ0v) is 23.2. The summed E-state index contributed by atoms with van der Waals surface area (Å²) in [4.78, 5) is 6.64. The van der Waals surface area contributed by atoms with Crippen LogP contribution in [0.5, 0.6) is 5.75 Å². The number of hydrogen-bond acceptors (Lipinski definition) is 5. The van der Waals surface area contributed by atoms with Gasteiger partial charge >= 0.3 is 0 Å². The van der Waals surface area contributed by atoms with Gasteiger partial charge < -0.3 is 19.5 Å². The minimum Gasteiger partial charge on any atom is -0.494 e. The van der Waals surface area contributed by atoms with E-state index in [2.05, 4.69) is 47.7 Å². The number of aromatic nitrogens is 2. The van der Waals surface area contributed by atoms with E-state index >= 15 is 0 Å². The molecule has 0 spiro atoms. The summed E-state index contributed by atoms with van der Waals surface area (Å²) in [6.45, 7) is 0. The molecule has 0 saturated carbocycles. The summed E-state index contributed by atoms with van der Waals surface area (Å²) in [5.74, 6) is 0.383. The number of pyridine rings is 1. The summed E-state index contributed by atoms with van der Waals surface area (Å²) in [5.41, 5.74) is 3.94. The Morgan fingerprint density at radius 2 is 1.89 bits per heavy atom. The molecule has 1 aliphatic rings. The van der Waals surface area contributed by atoms with Crippen molar-refractivity contribution in [1.82, 2.24) is 14.9 Å². The number of nitrogens with one attached hydrogen (secondary N) is 2. The van der Waals surface area contributed by atoms with Gasteiger partial charge in [0.05, 0.1) is 30.8 Å². The van der Waals surface area contributed by atoms with Crippen LogP contribution < -0.4 is 19.7 Å². The first-order valence-corrected chi connectivity index (χ1v) is 14.4. The summed E-state index contributed by atoms with van der Waals surface area (Å²) in [5, 5.41) is 3.98. The van der Waals surface area contributed by atoms with Crippen LogP contribution in [0, 0.1) is 0 Å². The highest BCUT2D eigenvalue weighted by atomic mass is 79.9. The Morgan fingerprint density at radius 1 is 1.05 bits per heavy atom. The van der Waals surface area contributed by atoms with Crippen molar-refractivity contribution in [2.45, 2.75) is 12.1 Å². The van der Waals surface area contributed by atoms with Crippen molar-refractivity contribution in [3.05, 3.63) is 101 Å². The second kappa shape index (κ2) is 10.2. The van der Waals surface area contributed by atoms with Crippen LogP contribution in [0.15, 0.2) is 89.7 Å². The Kier molecular flexibility index (Phi) is 6.93. The fourth-order valence-electron chi connectivity index (χ4n) is 4.54. The van der Waals surface area contributed by atoms with Crippen LogP contribution in [-0.4, -0.2) is 36.4 Å². The third kappa shape index (κ3) is 5.20.